The molecule has 3 aliphatic rings. The highest BCUT2D eigenvalue weighted by Gasteiger charge is 2.42. The van der Waals surface area contributed by atoms with Crippen LogP contribution in [0.15, 0.2) is 29.5 Å². The summed E-state index contributed by atoms with van der Waals surface area (Å²) < 4.78 is 11.0. The van der Waals surface area contributed by atoms with E-state index >= 15 is 0 Å². The second-order valence-electron chi connectivity index (χ2n) is 9.44. The number of Topliss-reactive ketones (excluding diaryl/α,β-unsaturated/α-hetero) is 1. The minimum absolute atomic E-state index is 0.0629. The van der Waals surface area contributed by atoms with Crippen LogP contribution in [0.3, 0.4) is 0 Å². The Morgan fingerprint density at radius 1 is 1.00 bits per heavy atom. The van der Waals surface area contributed by atoms with Crippen molar-refractivity contribution in [3.8, 4) is 17.6 Å². The number of allylic oxidation sites excluding steroid dienone is 2. The molecule has 1 aliphatic heterocycles. The number of nitrogens with zero attached hydrogens (tertiary/aromatic N) is 2. The van der Waals surface area contributed by atoms with Crippen LogP contribution < -0.4 is 14.4 Å². The molecule has 0 saturated heterocycles. The fourth-order valence-electron chi connectivity index (χ4n) is 5.78. The predicted octanol–water partition coefficient (Wildman–Crippen LogP) is 5.82. The van der Waals surface area contributed by atoms with Crippen molar-refractivity contribution in [3.63, 3.8) is 0 Å². The first-order valence-electron chi connectivity index (χ1n) is 12.4. The van der Waals surface area contributed by atoms with Crippen molar-refractivity contribution in [2.45, 2.75) is 70.1 Å². The highest BCUT2D eigenvalue weighted by atomic mass is 32.1. The average Bonchev–Trinajstić information content (AvgIpc) is 3.18. The van der Waals surface area contributed by atoms with Gasteiger partial charge in [0.25, 0.3) is 0 Å². The van der Waals surface area contributed by atoms with Crippen LogP contribution in [0.25, 0.3) is 0 Å². The molecule has 0 spiro atoms. The molecule has 0 bridgehead atoms. The predicted molar refractivity (Wildman–Crippen MR) is 135 cm³/mol. The summed E-state index contributed by atoms with van der Waals surface area (Å²) in [6.45, 7) is 0. The minimum Gasteiger partial charge on any atom is -0.497 e. The first kappa shape index (κ1) is 23.6. The summed E-state index contributed by atoms with van der Waals surface area (Å²) in [5.74, 6) is 0.923. The van der Waals surface area contributed by atoms with Gasteiger partial charge in [-0.15, -0.1) is 11.3 Å². The highest BCUT2D eigenvalue weighted by Crippen LogP contribution is 2.49. The molecule has 1 aromatic heterocycles. The van der Waals surface area contributed by atoms with E-state index in [0.717, 1.165) is 42.5 Å². The monoisotopic (exact) mass is 490 g/mol. The lowest BCUT2D eigenvalue weighted by molar-refractivity contribution is -0.119. The lowest BCUT2D eigenvalue weighted by Crippen LogP contribution is -2.40. The number of hydrogen-bond acceptors (Lipinski definition) is 6. The summed E-state index contributed by atoms with van der Waals surface area (Å²) in [7, 11) is 3.19. The third kappa shape index (κ3) is 4.14. The average molecular weight is 491 g/mol. The zero-order valence-corrected chi connectivity index (χ0v) is 21.1. The smallest absolute Gasteiger partial charge is 0.232 e. The number of nitriles is 1. The molecule has 1 aromatic carbocycles. The summed E-state index contributed by atoms with van der Waals surface area (Å²) in [4.78, 5) is 30.1. The topological polar surface area (TPSA) is 79.6 Å². The number of ketones is 1. The number of fused-ring (bicyclic) bond motifs is 1. The van der Waals surface area contributed by atoms with Gasteiger partial charge in [-0.05, 0) is 50.2 Å². The number of carbonyl (C=O) groups is 2. The van der Waals surface area contributed by atoms with Gasteiger partial charge in [-0.2, -0.15) is 5.26 Å². The van der Waals surface area contributed by atoms with Crippen LogP contribution in [0.1, 0.15) is 78.9 Å². The quantitative estimate of drug-likeness (QED) is 0.539. The van der Waals surface area contributed by atoms with E-state index in [4.69, 9.17) is 9.47 Å². The Morgan fingerprint density at radius 2 is 1.80 bits per heavy atom. The molecular formula is C28H30N2O4S. The second kappa shape index (κ2) is 9.87. The number of ether oxygens (including phenoxy) is 2. The summed E-state index contributed by atoms with van der Waals surface area (Å²) >= 11 is 1.58. The van der Waals surface area contributed by atoms with Crippen LogP contribution in [0, 0.1) is 11.3 Å². The van der Waals surface area contributed by atoms with E-state index in [1.54, 1.807) is 36.5 Å². The molecule has 2 aliphatic carbocycles. The van der Waals surface area contributed by atoms with Crippen LogP contribution >= 0.6 is 11.3 Å². The van der Waals surface area contributed by atoms with E-state index in [9.17, 15) is 14.9 Å². The van der Waals surface area contributed by atoms with Crippen molar-refractivity contribution in [2.24, 2.45) is 0 Å². The van der Waals surface area contributed by atoms with Gasteiger partial charge in [0.15, 0.2) is 5.78 Å². The maximum absolute atomic E-state index is 13.8. The Morgan fingerprint density at radius 3 is 2.54 bits per heavy atom. The van der Waals surface area contributed by atoms with E-state index in [0.29, 0.717) is 46.9 Å². The molecule has 0 fully saturated rings. The lowest BCUT2D eigenvalue weighted by Gasteiger charge is -2.38. The first-order chi connectivity index (χ1) is 17.1. The highest BCUT2D eigenvalue weighted by molar-refractivity contribution is 7.16. The number of benzene rings is 1. The zero-order chi connectivity index (χ0) is 24.5. The molecule has 1 atom stereocenters. The van der Waals surface area contributed by atoms with Gasteiger partial charge in [-0.1, -0.05) is 18.9 Å². The lowest BCUT2D eigenvalue weighted by atomic mass is 9.77. The molecule has 7 heteroatoms. The molecule has 0 N–H and O–H groups in total. The zero-order valence-electron chi connectivity index (χ0n) is 20.3. The van der Waals surface area contributed by atoms with E-state index in [1.165, 1.54) is 17.7 Å². The fourth-order valence-corrected chi connectivity index (χ4v) is 7.16. The normalized spacial score (nSPS) is 20.5. The molecule has 2 aromatic rings. The standard InChI is InChI=1S/C28H30N2O4S/c1-33-17-12-13-18(24(14-17)34-2)20-15-26(32)30(22-9-7-10-23(31)27(20)22)28-21(16-29)19-8-5-3-4-6-11-25(19)35-28/h12-14,20H,3-11,15H2,1-2H3/t20-/m0/s1. The SMILES string of the molecule is COc1ccc([C@@H]2CC(=O)N(c3sc4c(c3C#N)CCCCCC4)C3=C2C(=O)CCC3)c(OC)c1. The van der Waals surface area contributed by atoms with Gasteiger partial charge in [0.1, 0.15) is 22.6 Å². The molecule has 0 radical (unpaired) electrons. The van der Waals surface area contributed by atoms with E-state index in [2.05, 4.69) is 6.07 Å². The summed E-state index contributed by atoms with van der Waals surface area (Å²) in [6, 6.07) is 7.96. The van der Waals surface area contributed by atoms with Crippen LogP contribution in [0.5, 0.6) is 11.5 Å². The second-order valence-corrected chi connectivity index (χ2v) is 10.5. The molecule has 35 heavy (non-hydrogen) atoms. The molecule has 1 amide bonds. The largest absolute Gasteiger partial charge is 0.497 e. The van der Waals surface area contributed by atoms with E-state index < -0.39 is 0 Å². The first-order valence-corrected chi connectivity index (χ1v) is 13.2. The number of anilines is 1. The molecule has 2 heterocycles. The van der Waals surface area contributed by atoms with Crippen LogP contribution in [-0.2, 0) is 22.4 Å². The number of carbonyl (C=O) groups excluding carboxylic acids is 2. The maximum atomic E-state index is 13.8. The Labute approximate surface area is 210 Å². The van der Waals surface area contributed by atoms with Crippen molar-refractivity contribution < 1.29 is 19.1 Å². The van der Waals surface area contributed by atoms with Gasteiger partial charge in [0.05, 0.1) is 19.8 Å². The van der Waals surface area contributed by atoms with Crippen LogP contribution in [0.2, 0.25) is 0 Å². The van der Waals surface area contributed by atoms with Gasteiger partial charge in [-0.3, -0.25) is 14.5 Å². The minimum atomic E-state index is -0.367. The molecule has 182 valence electrons. The summed E-state index contributed by atoms with van der Waals surface area (Å²) in [5.41, 5.74) is 4.03. The number of amides is 1. The van der Waals surface area contributed by atoms with Gasteiger partial charge >= 0.3 is 0 Å². The van der Waals surface area contributed by atoms with Crippen molar-refractivity contribution >= 4 is 28.0 Å². The fraction of sp³-hybridized carbons (Fsp3) is 0.464. The van der Waals surface area contributed by atoms with Crippen LogP contribution in [0.4, 0.5) is 5.00 Å². The van der Waals surface area contributed by atoms with E-state index in [1.807, 2.05) is 12.1 Å². The molecule has 6 nitrogen and oxygen atoms in total. The van der Waals surface area contributed by atoms with Crippen LogP contribution in [-0.4, -0.2) is 25.9 Å². The Bertz CT molecular complexity index is 1250. The number of rotatable bonds is 4. The summed E-state index contributed by atoms with van der Waals surface area (Å²) in [5, 5.41) is 10.9. The van der Waals surface area contributed by atoms with Gasteiger partial charge < -0.3 is 9.47 Å². The number of thiophene rings is 1. The molecular weight excluding hydrogens is 460 g/mol. The van der Waals surface area contributed by atoms with E-state index in [-0.39, 0.29) is 24.0 Å². The third-order valence-corrected chi connectivity index (χ3v) is 8.74. The summed E-state index contributed by atoms with van der Waals surface area (Å²) in [6.07, 6.45) is 8.38. The molecule has 5 rings (SSSR count). The molecule has 0 saturated carbocycles. The Balaban J connectivity index is 1.65. The molecule has 0 unspecified atom stereocenters. The number of hydrogen-bond donors (Lipinski definition) is 0. The van der Waals surface area contributed by atoms with Gasteiger partial charge in [0, 0.05) is 46.5 Å². The van der Waals surface area contributed by atoms with Crippen molar-refractivity contribution in [1.29, 1.82) is 5.26 Å². The van der Waals surface area contributed by atoms with Gasteiger partial charge in [-0.25, -0.2) is 0 Å². The Kier molecular flexibility index (Phi) is 6.66. The van der Waals surface area contributed by atoms with Crippen molar-refractivity contribution in [2.75, 3.05) is 19.1 Å². The number of aryl methyl sites for hydroxylation is 1. The van der Waals surface area contributed by atoms with Crippen molar-refractivity contribution in [3.05, 3.63) is 51.0 Å². The van der Waals surface area contributed by atoms with Gasteiger partial charge in [0.2, 0.25) is 5.91 Å². The maximum Gasteiger partial charge on any atom is 0.232 e. The Hall–Kier alpha value is -3.11. The van der Waals surface area contributed by atoms with Crippen molar-refractivity contribution in [1.82, 2.24) is 0 Å². The number of methoxy groups -OCH3 is 2. The third-order valence-electron chi connectivity index (χ3n) is 7.46.